The maximum atomic E-state index is 12.4. The van der Waals surface area contributed by atoms with Crippen LogP contribution in [0.15, 0.2) is 24.3 Å². The lowest BCUT2D eigenvalue weighted by atomic mass is 9.77. The maximum absolute atomic E-state index is 12.4. The first-order chi connectivity index (χ1) is 9.69. The second-order valence-corrected chi connectivity index (χ2v) is 5.80. The van der Waals surface area contributed by atoms with E-state index >= 15 is 0 Å². The highest BCUT2D eigenvalue weighted by Gasteiger charge is 2.32. The van der Waals surface area contributed by atoms with Gasteiger partial charge in [0, 0.05) is 23.9 Å². The Bertz CT molecular complexity index is 450. The van der Waals surface area contributed by atoms with Crippen LogP contribution in [0.3, 0.4) is 0 Å². The van der Waals surface area contributed by atoms with Crippen molar-refractivity contribution in [3.63, 3.8) is 0 Å². The minimum absolute atomic E-state index is 0.0251. The molecule has 3 nitrogen and oxygen atoms in total. The summed E-state index contributed by atoms with van der Waals surface area (Å²) in [4.78, 5) is 12.4. The zero-order chi connectivity index (χ0) is 14.4. The molecule has 110 valence electrons. The molecule has 3 heteroatoms. The van der Waals surface area contributed by atoms with Crippen LogP contribution in [0.5, 0.6) is 5.75 Å². The van der Waals surface area contributed by atoms with Gasteiger partial charge in [-0.2, -0.15) is 0 Å². The van der Waals surface area contributed by atoms with Crippen LogP contribution in [-0.4, -0.2) is 25.5 Å². The Morgan fingerprint density at radius 3 is 2.60 bits per heavy atom. The predicted octanol–water partition coefficient (Wildman–Crippen LogP) is 3.12. The van der Waals surface area contributed by atoms with Crippen molar-refractivity contribution in [2.24, 2.45) is 0 Å². The lowest BCUT2D eigenvalue weighted by molar-refractivity contribution is -0.120. The molecule has 1 saturated carbocycles. The molecule has 0 saturated heterocycles. The zero-order valence-corrected chi connectivity index (χ0v) is 12.6. The average molecular weight is 275 g/mol. The van der Waals surface area contributed by atoms with Crippen molar-refractivity contribution in [2.45, 2.75) is 50.5 Å². The first-order valence-corrected chi connectivity index (χ1v) is 7.52. The number of Topliss-reactive ketones (excluding diaryl/α,β-unsaturated/α-hetero) is 1. The second-order valence-electron chi connectivity index (χ2n) is 5.80. The van der Waals surface area contributed by atoms with Crippen molar-refractivity contribution >= 4 is 5.78 Å². The molecule has 1 aromatic carbocycles. The molecular formula is C17H25NO2. The van der Waals surface area contributed by atoms with Gasteiger partial charge in [0.25, 0.3) is 0 Å². The molecule has 0 atom stereocenters. The Labute approximate surface area is 121 Å². The number of nitrogens with one attached hydrogen (secondary N) is 1. The average Bonchev–Trinajstić information content (AvgIpc) is 2.48. The first kappa shape index (κ1) is 15.0. The number of benzene rings is 1. The van der Waals surface area contributed by atoms with E-state index in [1.807, 2.05) is 31.3 Å². The van der Waals surface area contributed by atoms with Crippen LogP contribution in [0.4, 0.5) is 0 Å². The Kier molecular flexibility index (Phi) is 5.18. The van der Waals surface area contributed by atoms with Crippen LogP contribution in [0.2, 0.25) is 0 Å². The van der Waals surface area contributed by atoms with Crippen LogP contribution in [0.1, 0.15) is 44.1 Å². The number of hydrogen-bond donors (Lipinski definition) is 1. The van der Waals surface area contributed by atoms with Crippen LogP contribution in [-0.2, 0) is 11.2 Å². The molecule has 0 radical (unpaired) electrons. The van der Waals surface area contributed by atoms with Gasteiger partial charge in [-0.1, -0.05) is 37.5 Å². The maximum Gasteiger partial charge on any atom is 0.139 e. The van der Waals surface area contributed by atoms with Crippen molar-refractivity contribution in [3.8, 4) is 5.75 Å². The van der Waals surface area contributed by atoms with E-state index in [-0.39, 0.29) is 5.54 Å². The van der Waals surface area contributed by atoms with Gasteiger partial charge in [-0.25, -0.2) is 0 Å². The van der Waals surface area contributed by atoms with E-state index in [0.29, 0.717) is 18.6 Å². The fraction of sp³-hybridized carbons (Fsp3) is 0.588. The Balaban J connectivity index is 2.01. The van der Waals surface area contributed by atoms with Gasteiger partial charge in [0.15, 0.2) is 0 Å². The van der Waals surface area contributed by atoms with Crippen LogP contribution in [0.25, 0.3) is 0 Å². The number of ketones is 1. The van der Waals surface area contributed by atoms with E-state index in [9.17, 15) is 4.79 Å². The monoisotopic (exact) mass is 275 g/mol. The normalized spacial score (nSPS) is 17.7. The van der Waals surface area contributed by atoms with Gasteiger partial charge in [0.05, 0.1) is 7.11 Å². The number of ether oxygens (including phenoxy) is 1. The standard InChI is InChI=1S/C17H25NO2/c1-18-17(10-6-3-7-11-17)13-15(19)12-14-8-4-5-9-16(14)20-2/h4-5,8-9,18H,3,6-7,10-13H2,1-2H3. The molecule has 0 unspecified atom stereocenters. The van der Waals surface area contributed by atoms with E-state index in [1.54, 1.807) is 7.11 Å². The lowest BCUT2D eigenvalue weighted by Crippen LogP contribution is -2.46. The van der Waals surface area contributed by atoms with E-state index < -0.39 is 0 Å². The Hall–Kier alpha value is -1.35. The zero-order valence-electron chi connectivity index (χ0n) is 12.6. The lowest BCUT2D eigenvalue weighted by Gasteiger charge is -2.36. The second kappa shape index (κ2) is 6.89. The van der Waals surface area contributed by atoms with E-state index in [2.05, 4.69) is 5.32 Å². The van der Waals surface area contributed by atoms with Gasteiger partial charge >= 0.3 is 0 Å². The van der Waals surface area contributed by atoms with E-state index in [0.717, 1.165) is 24.2 Å². The molecule has 0 aromatic heterocycles. The highest BCUT2D eigenvalue weighted by molar-refractivity contribution is 5.82. The number of carbonyl (C=O) groups excluding carboxylic acids is 1. The van der Waals surface area contributed by atoms with Gasteiger partial charge in [-0.15, -0.1) is 0 Å². The summed E-state index contributed by atoms with van der Waals surface area (Å²) in [6.45, 7) is 0. The molecule has 0 bridgehead atoms. The minimum Gasteiger partial charge on any atom is -0.496 e. The summed E-state index contributed by atoms with van der Waals surface area (Å²) in [7, 11) is 3.64. The highest BCUT2D eigenvalue weighted by Crippen LogP contribution is 2.31. The molecule has 1 aliphatic carbocycles. The van der Waals surface area contributed by atoms with Gasteiger partial charge in [0.2, 0.25) is 0 Å². The summed E-state index contributed by atoms with van der Waals surface area (Å²) in [6.07, 6.45) is 7.06. The quantitative estimate of drug-likeness (QED) is 0.867. The van der Waals surface area contributed by atoms with Gasteiger partial charge in [-0.3, -0.25) is 4.79 Å². The van der Waals surface area contributed by atoms with Crippen LogP contribution >= 0.6 is 0 Å². The molecule has 1 fully saturated rings. The summed E-state index contributed by atoms with van der Waals surface area (Å²) in [5.41, 5.74) is 1.01. The molecule has 20 heavy (non-hydrogen) atoms. The number of hydrogen-bond acceptors (Lipinski definition) is 3. The molecular weight excluding hydrogens is 250 g/mol. The summed E-state index contributed by atoms with van der Waals surface area (Å²) < 4.78 is 5.32. The smallest absolute Gasteiger partial charge is 0.139 e. The highest BCUT2D eigenvalue weighted by atomic mass is 16.5. The first-order valence-electron chi connectivity index (χ1n) is 7.52. The minimum atomic E-state index is 0.0251. The van der Waals surface area contributed by atoms with Crippen molar-refractivity contribution in [1.29, 1.82) is 0 Å². The van der Waals surface area contributed by atoms with E-state index in [1.165, 1.54) is 19.3 Å². The number of rotatable bonds is 6. The van der Waals surface area contributed by atoms with E-state index in [4.69, 9.17) is 4.74 Å². The molecule has 1 aliphatic rings. The van der Waals surface area contributed by atoms with Gasteiger partial charge in [-0.05, 0) is 26.0 Å². The summed E-state index contributed by atoms with van der Waals surface area (Å²) >= 11 is 0. The van der Waals surface area contributed by atoms with Crippen molar-refractivity contribution in [2.75, 3.05) is 14.2 Å². The molecule has 0 spiro atoms. The molecule has 0 heterocycles. The Morgan fingerprint density at radius 1 is 1.25 bits per heavy atom. The topological polar surface area (TPSA) is 38.3 Å². The Morgan fingerprint density at radius 2 is 1.95 bits per heavy atom. The SMILES string of the molecule is CNC1(CC(=O)Cc2ccccc2OC)CCCCC1. The van der Waals surface area contributed by atoms with Crippen molar-refractivity contribution in [3.05, 3.63) is 29.8 Å². The molecule has 2 rings (SSSR count). The molecule has 0 amide bonds. The fourth-order valence-electron chi connectivity index (χ4n) is 3.25. The van der Waals surface area contributed by atoms with Crippen molar-refractivity contribution < 1.29 is 9.53 Å². The van der Waals surface area contributed by atoms with Crippen LogP contribution in [0, 0.1) is 0 Å². The predicted molar refractivity (Wildman–Crippen MR) is 81.2 cm³/mol. The van der Waals surface area contributed by atoms with Crippen LogP contribution < -0.4 is 10.1 Å². The molecule has 1 N–H and O–H groups in total. The number of carbonyl (C=O) groups is 1. The number of methoxy groups -OCH3 is 1. The third-order valence-corrected chi connectivity index (χ3v) is 4.46. The van der Waals surface area contributed by atoms with Gasteiger partial charge in [0.1, 0.15) is 11.5 Å². The molecule has 1 aromatic rings. The summed E-state index contributed by atoms with van der Waals surface area (Å²) in [5.74, 6) is 1.11. The molecule has 0 aliphatic heterocycles. The summed E-state index contributed by atoms with van der Waals surface area (Å²) in [6, 6.07) is 7.78. The third-order valence-electron chi connectivity index (χ3n) is 4.46. The summed E-state index contributed by atoms with van der Waals surface area (Å²) in [5, 5.41) is 3.41. The number of para-hydroxylation sites is 1. The fourth-order valence-corrected chi connectivity index (χ4v) is 3.25. The van der Waals surface area contributed by atoms with Crippen molar-refractivity contribution in [1.82, 2.24) is 5.32 Å². The third kappa shape index (κ3) is 3.60. The van der Waals surface area contributed by atoms with Gasteiger partial charge < -0.3 is 10.1 Å². The largest absolute Gasteiger partial charge is 0.496 e.